The highest BCUT2D eigenvalue weighted by Crippen LogP contribution is 2.25. The Morgan fingerprint density at radius 2 is 1.90 bits per heavy atom. The van der Waals surface area contributed by atoms with Crippen LogP contribution in [0.1, 0.15) is 29.0 Å². The van der Waals surface area contributed by atoms with Gasteiger partial charge >= 0.3 is 11.9 Å². The van der Waals surface area contributed by atoms with Crippen LogP contribution < -0.4 is 5.69 Å². The minimum atomic E-state index is -4.94. The third-order valence-electron chi connectivity index (χ3n) is 6.97. The van der Waals surface area contributed by atoms with Crippen LogP contribution in [0, 0.1) is 0 Å². The number of likely N-dealkylation sites (tertiary alicyclic amines) is 1. The molecular weight excluding hydrogens is 579 g/mol. The summed E-state index contributed by atoms with van der Waals surface area (Å²) in [4.78, 5) is 32.7. The normalized spacial score (nSPS) is 16.2. The molecule has 1 fully saturated rings. The minimum absolute atomic E-state index is 0.0328. The van der Waals surface area contributed by atoms with E-state index in [0.717, 1.165) is 22.1 Å². The maximum absolute atomic E-state index is 13.5. The van der Waals surface area contributed by atoms with Gasteiger partial charge in [0.2, 0.25) is 0 Å². The van der Waals surface area contributed by atoms with Crippen LogP contribution >= 0.6 is 11.6 Å². The molecule has 3 heterocycles. The van der Waals surface area contributed by atoms with Gasteiger partial charge in [0.1, 0.15) is 12.9 Å². The second-order valence-corrected chi connectivity index (χ2v) is 10.2. The van der Waals surface area contributed by atoms with E-state index in [9.17, 15) is 27.9 Å². The van der Waals surface area contributed by atoms with Crippen LogP contribution in [0.25, 0.3) is 17.1 Å². The fraction of sp³-hybridized carbons (Fsp3) is 0.370. The monoisotopic (exact) mass is 605 g/mol. The summed E-state index contributed by atoms with van der Waals surface area (Å²) in [6, 6.07) is 12.9. The van der Waals surface area contributed by atoms with E-state index in [2.05, 4.69) is 15.2 Å². The van der Waals surface area contributed by atoms with Gasteiger partial charge in [-0.15, -0.1) is 10.2 Å². The number of hydrogen-bond donors (Lipinski definition) is 1. The fourth-order valence-corrected chi connectivity index (χ4v) is 5.02. The van der Waals surface area contributed by atoms with Gasteiger partial charge in [-0.1, -0.05) is 23.7 Å². The summed E-state index contributed by atoms with van der Waals surface area (Å²) in [7, 11) is 1.59. The number of halogens is 4. The molecule has 11 nitrogen and oxygen atoms in total. The number of ether oxygens (including phenoxy) is 1. The van der Waals surface area contributed by atoms with E-state index in [-0.39, 0.29) is 30.1 Å². The Bertz CT molecular complexity index is 1620. The first-order valence-corrected chi connectivity index (χ1v) is 13.4. The van der Waals surface area contributed by atoms with Crippen LogP contribution in [0.2, 0.25) is 5.02 Å². The van der Waals surface area contributed by atoms with Gasteiger partial charge in [-0.05, 0) is 49.2 Å². The first-order valence-electron chi connectivity index (χ1n) is 13.0. The molecule has 2 aromatic heterocycles. The summed E-state index contributed by atoms with van der Waals surface area (Å²) in [6.07, 6.45) is -4.64. The molecule has 1 aliphatic heterocycles. The molecule has 4 aromatic rings. The summed E-state index contributed by atoms with van der Waals surface area (Å²) in [5.74, 6) is -0.138. The number of alkyl halides is 3. The summed E-state index contributed by atoms with van der Waals surface area (Å²) in [6.45, 7) is -0.299. The average Bonchev–Trinajstić information content (AvgIpc) is 3.69. The first kappa shape index (κ1) is 29.5. The van der Waals surface area contributed by atoms with Crippen molar-refractivity contribution in [2.45, 2.75) is 44.3 Å². The molecule has 0 spiro atoms. The third-order valence-corrected chi connectivity index (χ3v) is 7.22. The second kappa shape index (κ2) is 12.1. The largest absolute Gasteiger partial charge is 0.416 e. The molecule has 5 rings (SSSR count). The average molecular weight is 606 g/mol. The molecule has 2 aromatic carbocycles. The van der Waals surface area contributed by atoms with E-state index in [1.54, 1.807) is 36.3 Å². The molecule has 15 heteroatoms. The molecule has 0 bridgehead atoms. The smallest absolute Gasteiger partial charge is 0.383 e. The van der Waals surface area contributed by atoms with Gasteiger partial charge in [0, 0.05) is 24.2 Å². The summed E-state index contributed by atoms with van der Waals surface area (Å²) in [5, 5.41) is 18.7. The molecule has 1 aliphatic rings. The van der Waals surface area contributed by atoms with E-state index in [0.29, 0.717) is 35.0 Å². The molecule has 0 saturated carbocycles. The van der Waals surface area contributed by atoms with Crippen LogP contribution in [0.3, 0.4) is 0 Å². The molecule has 222 valence electrons. The van der Waals surface area contributed by atoms with Crippen LogP contribution in [-0.2, 0) is 17.8 Å². The number of amides is 1. The van der Waals surface area contributed by atoms with Gasteiger partial charge in [-0.25, -0.2) is 19.1 Å². The van der Waals surface area contributed by atoms with Crippen molar-refractivity contribution in [1.29, 1.82) is 0 Å². The molecule has 1 amide bonds. The van der Waals surface area contributed by atoms with E-state index < -0.39 is 24.5 Å². The number of aromatic nitrogens is 6. The lowest BCUT2D eigenvalue weighted by molar-refractivity contribution is -0.207. The minimum Gasteiger partial charge on any atom is -0.383 e. The zero-order valence-corrected chi connectivity index (χ0v) is 23.2. The van der Waals surface area contributed by atoms with Crippen LogP contribution in [0.15, 0.2) is 59.7 Å². The predicted octanol–water partition coefficient (Wildman–Crippen LogP) is 3.17. The van der Waals surface area contributed by atoms with Crippen molar-refractivity contribution in [2.75, 3.05) is 20.3 Å². The molecule has 1 unspecified atom stereocenters. The molecule has 0 aliphatic carbocycles. The van der Waals surface area contributed by atoms with Crippen molar-refractivity contribution in [3.63, 3.8) is 0 Å². The van der Waals surface area contributed by atoms with Crippen molar-refractivity contribution >= 4 is 17.5 Å². The number of carbonyl (C=O) groups is 1. The van der Waals surface area contributed by atoms with Gasteiger partial charge in [-0.3, -0.25) is 9.36 Å². The number of carbonyl (C=O) groups excluding carboxylic acids is 1. The number of aliphatic hydroxyl groups excluding tert-OH is 1. The number of hydrogen-bond acceptors (Lipinski definition) is 7. The molecule has 1 N–H and O–H groups in total. The van der Waals surface area contributed by atoms with Crippen molar-refractivity contribution in [1.82, 2.24) is 34.0 Å². The quantitative estimate of drug-likeness (QED) is 0.311. The highest BCUT2D eigenvalue weighted by molar-refractivity contribution is 6.30. The number of benzene rings is 2. The fourth-order valence-electron chi connectivity index (χ4n) is 4.90. The Kier molecular flexibility index (Phi) is 8.48. The lowest BCUT2D eigenvalue weighted by Crippen LogP contribution is -2.38. The SMILES string of the molecule is COC[C@@H]1CCCN1C(=O)c1ccccc1-n1cnc(Cn2nc(-c3ccc(Cl)cc3)n(CC(O)C(F)(F)F)c2=O)n1. The summed E-state index contributed by atoms with van der Waals surface area (Å²) >= 11 is 5.94. The van der Waals surface area contributed by atoms with E-state index >= 15 is 0 Å². The van der Waals surface area contributed by atoms with Gasteiger partial charge in [0.15, 0.2) is 17.8 Å². The topological polar surface area (TPSA) is 120 Å². The molecule has 42 heavy (non-hydrogen) atoms. The molecule has 1 saturated heterocycles. The van der Waals surface area contributed by atoms with Gasteiger partial charge < -0.3 is 14.7 Å². The highest BCUT2D eigenvalue weighted by atomic mass is 35.5. The van der Waals surface area contributed by atoms with E-state index in [1.807, 2.05) is 0 Å². The van der Waals surface area contributed by atoms with Gasteiger partial charge in [0.25, 0.3) is 5.91 Å². The molecule has 2 atom stereocenters. The molecule has 0 radical (unpaired) electrons. The van der Waals surface area contributed by atoms with Crippen LogP contribution in [0.4, 0.5) is 13.2 Å². The van der Waals surface area contributed by atoms with E-state index in [4.69, 9.17) is 16.3 Å². The maximum atomic E-state index is 13.5. The highest BCUT2D eigenvalue weighted by Gasteiger charge is 2.39. The Labute approximate surface area is 242 Å². The van der Waals surface area contributed by atoms with Gasteiger partial charge in [-0.2, -0.15) is 13.2 Å². The van der Waals surface area contributed by atoms with E-state index in [1.165, 1.54) is 35.3 Å². The van der Waals surface area contributed by atoms with Crippen LogP contribution in [-0.4, -0.2) is 83.6 Å². The number of rotatable bonds is 9. The molecular formula is C27H27ClF3N7O4. The number of aliphatic hydroxyl groups is 1. The van der Waals surface area contributed by atoms with Crippen LogP contribution in [0.5, 0.6) is 0 Å². The number of methoxy groups -OCH3 is 1. The van der Waals surface area contributed by atoms with Crippen molar-refractivity contribution < 1.29 is 27.8 Å². The first-order chi connectivity index (χ1) is 20.1. The zero-order valence-electron chi connectivity index (χ0n) is 22.4. The Morgan fingerprint density at radius 1 is 1.17 bits per heavy atom. The lowest BCUT2D eigenvalue weighted by atomic mass is 10.1. The van der Waals surface area contributed by atoms with Crippen molar-refractivity contribution in [3.8, 4) is 17.1 Å². The third kappa shape index (κ3) is 6.10. The Balaban J connectivity index is 1.45. The zero-order chi connectivity index (χ0) is 30.0. The van der Waals surface area contributed by atoms with Crippen molar-refractivity contribution in [2.24, 2.45) is 0 Å². The maximum Gasteiger partial charge on any atom is 0.416 e. The van der Waals surface area contributed by atoms with Gasteiger partial charge in [0.05, 0.1) is 30.4 Å². The lowest BCUT2D eigenvalue weighted by Gasteiger charge is -2.25. The Hall–Kier alpha value is -4.01. The van der Waals surface area contributed by atoms with Crippen molar-refractivity contribution in [3.05, 3.63) is 81.8 Å². The standard InChI is InChI=1S/C27H27ClF3N7O4/c1-42-15-19-5-4-12-35(19)25(40)20-6-2-3-7-21(20)38-16-32-23(33-38)14-37-26(41)36(13-22(39)27(29,30)31)24(34-37)17-8-10-18(28)11-9-17/h2-3,6-11,16,19,22,39H,4-5,12-15H2,1H3/t19-,22?/m0/s1. The summed E-state index contributed by atoms with van der Waals surface area (Å²) in [5.41, 5.74) is 0.305. The number of nitrogens with zero attached hydrogens (tertiary/aromatic N) is 7. The second-order valence-electron chi connectivity index (χ2n) is 9.81. The summed E-state index contributed by atoms with van der Waals surface area (Å²) < 4.78 is 47.8. The number of para-hydroxylation sites is 1. The Morgan fingerprint density at radius 3 is 2.62 bits per heavy atom. The predicted molar refractivity (Wildman–Crippen MR) is 145 cm³/mol.